The molecular formula is C17H17NO4. The van der Waals surface area contributed by atoms with E-state index >= 15 is 0 Å². The fourth-order valence-electron chi connectivity index (χ4n) is 2.77. The molecule has 0 fully saturated rings. The molecule has 3 aromatic rings. The van der Waals surface area contributed by atoms with Gasteiger partial charge in [0.1, 0.15) is 11.0 Å². The van der Waals surface area contributed by atoms with Crippen LogP contribution in [-0.4, -0.2) is 13.1 Å². The summed E-state index contributed by atoms with van der Waals surface area (Å²) in [5.74, 6) is 0. The Morgan fingerprint density at radius 2 is 1.77 bits per heavy atom. The number of benzene rings is 1. The molecule has 3 rings (SSSR count). The second kappa shape index (κ2) is 5.33. The summed E-state index contributed by atoms with van der Waals surface area (Å²) in [6, 6.07) is 6.88. The number of aryl methyl sites for hydroxylation is 1. The minimum absolute atomic E-state index is 0.294. The highest BCUT2D eigenvalue weighted by atomic mass is 16.4. The summed E-state index contributed by atoms with van der Waals surface area (Å²) in [7, 11) is 0. The molecule has 5 nitrogen and oxygen atoms in total. The van der Waals surface area contributed by atoms with Crippen molar-refractivity contribution in [2.24, 2.45) is 0 Å². The summed E-state index contributed by atoms with van der Waals surface area (Å²) in [6.07, 6.45) is 0. The number of nitrogens with zero attached hydrogens (tertiary/aromatic N) is 1. The van der Waals surface area contributed by atoms with E-state index in [0.29, 0.717) is 27.5 Å². The van der Waals surface area contributed by atoms with E-state index in [1.165, 1.54) is 6.07 Å². The Morgan fingerprint density at radius 3 is 2.45 bits per heavy atom. The van der Waals surface area contributed by atoms with Gasteiger partial charge in [0.25, 0.3) is 0 Å². The molecule has 2 heterocycles. The first-order chi connectivity index (χ1) is 10.5. The second-order valence-electron chi connectivity index (χ2n) is 5.19. The van der Waals surface area contributed by atoms with Gasteiger partial charge < -0.3 is 13.7 Å². The highest BCUT2D eigenvalue weighted by Crippen LogP contribution is 2.27. The summed E-state index contributed by atoms with van der Waals surface area (Å²) >= 11 is 0. The minimum atomic E-state index is -0.486. The molecule has 22 heavy (non-hydrogen) atoms. The van der Waals surface area contributed by atoms with E-state index in [1.807, 2.05) is 18.2 Å². The van der Waals surface area contributed by atoms with Crippen LogP contribution in [0.2, 0.25) is 0 Å². The van der Waals surface area contributed by atoms with Crippen molar-refractivity contribution >= 4 is 27.6 Å². The van der Waals surface area contributed by atoms with Gasteiger partial charge in [-0.05, 0) is 38.5 Å². The van der Waals surface area contributed by atoms with Crippen molar-refractivity contribution < 1.29 is 8.83 Å². The lowest BCUT2D eigenvalue weighted by Crippen LogP contribution is -2.21. The van der Waals surface area contributed by atoms with Gasteiger partial charge in [-0.25, -0.2) is 9.59 Å². The van der Waals surface area contributed by atoms with Crippen LogP contribution < -0.4 is 16.2 Å². The number of hydrogen-bond donors (Lipinski definition) is 0. The zero-order chi connectivity index (χ0) is 15.9. The zero-order valence-electron chi connectivity index (χ0n) is 12.8. The zero-order valence-corrected chi connectivity index (χ0v) is 12.8. The third kappa shape index (κ3) is 2.19. The van der Waals surface area contributed by atoms with Crippen LogP contribution >= 0.6 is 0 Å². The van der Waals surface area contributed by atoms with Crippen LogP contribution in [0.4, 0.5) is 5.69 Å². The lowest BCUT2D eigenvalue weighted by Gasteiger charge is -2.21. The van der Waals surface area contributed by atoms with Crippen LogP contribution in [0.1, 0.15) is 19.4 Å². The van der Waals surface area contributed by atoms with E-state index in [9.17, 15) is 9.59 Å². The Labute approximate surface area is 126 Å². The Bertz CT molecular complexity index is 964. The van der Waals surface area contributed by atoms with Gasteiger partial charge in [0.15, 0.2) is 5.58 Å². The molecular weight excluding hydrogens is 282 g/mol. The molecule has 0 saturated heterocycles. The summed E-state index contributed by atoms with van der Waals surface area (Å²) in [6.45, 7) is 7.54. The van der Waals surface area contributed by atoms with Crippen molar-refractivity contribution in [2.45, 2.75) is 20.8 Å². The van der Waals surface area contributed by atoms with Crippen LogP contribution in [0, 0.1) is 6.92 Å². The van der Waals surface area contributed by atoms with Crippen molar-refractivity contribution in [1.29, 1.82) is 0 Å². The maximum atomic E-state index is 12.2. The fraction of sp³-hybridized carbons (Fsp3) is 0.294. The lowest BCUT2D eigenvalue weighted by atomic mass is 10.1. The predicted octanol–water partition coefficient (Wildman–Crippen LogP) is 3.05. The van der Waals surface area contributed by atoms with Gasteiger partial charge in [-0.15, -0.1) is 0 Å². The number of fused-ring (bicyclic) bond motifs is 3. The van der Waals surface area contributed by atoms with Crippen LogP contribution in [0.5, 0.6) is 0 Å². The van der Waals surface area contributed by atoms with Gasteiger partial charge in [-0.2, -0.15) is 0 Å². The fourth-order valence-corrected chi connectivity index (χ4v) is 2.77. The van der Waals surface area contributed by atoms with Gasteiger partial charge in [0, 0.05) is 30.9 Å². The quantitative estimate of drug-likeness (QED) is 0.549. The molecule has 5 heteroatoms. The molecule has 0 aliphatic rings. The molecule has 1 aromatic carbocycles. The first-order valence-electron chi connectivity index (χ1n) is 7.31. The van der Waals surface area contributed by atoms with Crippen molar-refractivity contribution in [2.75, 3.05) is 18.0 Å². The van der Waals surface area contributed by atoms with E-state index in [1.54, 1.807) is 6.92 Å². The molecule has 0 unspecified atom stereocenters. The standard InChI is InChI=1S/C17H17NO4/c1-4-18(5-2)11-6-7-12-13(9-11)21-17(20)15-10(3)8-14(19)22-16(12)15/h6-9H,4-5H2,1-3H3. The van der Waals surface area contributed by atoms with E-state index in [2.05, 4.69) is 18.7 Å². The summed E-state index contributed by atoms with van der Waals surface area (Å²) in [4.78, 5) is 26.0. The Kier molecular flexibility index (Phi) is 3.48. The van der Waals surface area contributed by atoms with Crippen LogP contribution in [-0.2, 0) is 0 Å². The molecule has 0 aliphatic heterocycles. The lowest BCUT2D eigenvalue weighted by molar-refractivity contribution is 0.541. The highest BCUT2D eigenvalue weighted by molar-refractivity contribution is 6.02. The van der Waals surface area contributed by atoms with Crippen molar-refractivity contribution in [1.82, 2.24) is 0 Å². The van der Waals surface area contributed by atoms with Crippen molar-refractivity contribution in [3.8, 4) is 0 Å². The van der Waals surface area contributed by atoms with Crippen molar-refractivity contribution in [3.63, 3.8) is 0 Å². The molecule has 0 bridgehead atoms. The van der Waals surface area contributed by atoms with Gasteiger partial charge in [0.05, 0.1) is 5.39 Å². The highest BCUT2D eigenvalue weighted by Gasteiger charge is 2.14. The Morgan fingerprint density at radius 1 is 1.05 bits per heavy atom. The van der Waals surface area contributed by atoms with Gasteiger partial charge in [0.2, 0.25) is 0 Å². The topological polar surface area (TPSA) is 63.7 Å². The molecule has 0 aliphatic carbocycles. The maximum absolute atomic E-state index is 12.2. The normalized spacial score (nSPS) is 11.2. The molecule has 0 spiro atoms. The minimum Gasteiger partial charge on any atom is -0.422 e. The van der Waals surface area contributed by atoms with Gasteiger partial charge in [-0.3, -0.25) is 0 Å². The average Bonchev–Trinajstić information content (AvgIpc) is 2.47. The van der Waals surface area contributed by atoms with Crippen LogP contribution in [0.25, 0.3) is 21.9 Å². The van der Waals surface area contributed by atoms with Gasteiger partial charge >= 0.3 is 11.3 Å². The van der Waals surface area contributed by atoms with Crippen LogP contribution in [0.3, 0.4) is 0 Å². The molecule has 0 saturated carbocycles. The predicted molar refractivity (Wildman–Crippen MR) is 86.8 cm³/mol. The van der Waals surface area contributed by atoms with Gasteiger partial charge in [-0.1, -0.05) is 0 Å². The molecule has 0 radical (unpaired) electrons. The third-order valence-electron chi connectivity index (χ3n) is 3.90. The number of anilines is 1. The van der Waals surface area contributed by atoms with E-state index in [0.717, 1.165) is 18.8 Å². The first kappa shape index (κ1) is 14.4. The Hall–Kier alpha value is -2.56. The molecule has 0 amide bonds. The summed E-state index contributed by atoms with van der Waals surface area (Å²) < 4.78 is 10.7. The third-order valence-corrected chi connectivity index (χ3v) is 3.90. The first-order valence-corrected chi connectivity index (χ1v) is 7.31. The summed E-state index contributed by atoms with van der Waals surface area (Å²) in [5.41, 5.74) is 1.30. The smallest absolute Gasteiger partial charge is 0.347 e. The second-order valence-corrected chi connectivity index (χ2v) is 5.19. The van der Waals surface area contributed by atoms with E-state index in [-0.39, 0.29) is 0 Å². The van der Waals surface area contributed by atoms with E-state index < -0.39 is 11.3 Å². The van der Waals surface area contributed by atoms with Crippen molar-refractivity contribution in [3.05, 3.63) is 50.7 Å². The number of rotatable bonds is 3. The summed E-state index contributed by atoms with van der Waals surface area (Å²) in [5, 5.41) is 0.953. The monoisotopic (exact) mass is 299 g/mol. The average molecular weight is 299 g/mol. The molecule has 0 atom stereocenters. The van der Waals surface area contributed by atoms with E-state index in [4.69, 9.17) is 8.83 Å². The molecule has 0 N–H and O–H groups in total. The SMILES string of the molecule is CCN(CC)c1ccc2c(c1)oc(=O)c1c(C)cc(=O)oc12. The maximum Gasteiger partial charge on any atom is 0.347 e. The van der Waals surface area contributed by atoms with Crippen LogP contribution in [0.15, 0.2) is 42.7 Å². The Balaban J connectivity index is 2.39. The largest absolute Gasteiger partial charge is 0.422 e. The molecule has 2 aromatic heterocycles. The molecule has 114 valence electrons. The number of hydrogen-bond acceptors (Lipinski definition) is 5.